The Hall–Kier alpha value is -1.50. The maximum Gasteiger partial charge on any atom is 0.236 e. The van der Waals surface area contributed by atoms with Crippen LogP contribution < -0.4 is 0 Å². The standard InChI is InChI=1S/C18H23N3O2S/c22-17(20-9-11-23-12-10-20)13-21-8-4-3-6-15(21)18-19-14-5-1-2-7-16(14)24-18/h1-2,5,7,15H,3-4,6,8-13H2/t15-/m1/s1. The molecule has 1 aromatic heterocycles. The fourth-order valence-corrected chi connectivity index (χ4v) is 4.72. The minimum Gasteiger partial charge on any atom is -0.378 e. The number of thiazole rings is 1. The lowest BCUT2D eigenvalue weighted by Crippen LogP contribution is -2.47. The number of rotatable bonds is 3. The van der Waals surface area contributed by atoms with Crippen LogP contribution in [-0.2, 0) is 9.53 Å². The van der Waals surface area contributed by atoms with Crippen LogP contribution in [0.3, 0.4) is 0 Å². The second-order valence-electron chi connectivity index (χ2n) is 6.50. The number of hydrogen-bond acceptors (Lipinski definition) is 5. The van der Waals surface area contributed by atoms with Crippen molar-refractivity contribution in [2.45, 2.75) is 25.3 Å². The minimum atomic E-state index is 0.228. The summed E-state index contributed by atoms with van der Waals surface area (Å²) in [5, 5.41) is 1.16. The second-order valence-corrected chi connectivity index (χ2v) is 7.56. The van der Waals surface area contributed by atoms with Gasteiger partial charge in [-0.2, -0.15) is 0 Å². The van der Waals surface area contributed by atoms with Gasteiger partial charge >= 0.3 is 0 Å². The van der Waals surface area contributed by atoms with Crippen molar-refractivity contribution in [1.82, 2.24) is 14.8 Å². The number of aromatic nitrogens is 1. The first-order valence-electron chi connectivity index (χ1n) is 8.76. The molecule has 4 rings (SSSR count). The Labute approximate surface area is 146 Å². The Morgan fingerprint density at radius 3 is 2.88 bits per heavy atom. The number of fused-ring (bicyclic) bond motifs is 1. The highest BCUT2D eigenvalue weighted by Crippen LogP contribution is 2.35. The average Bonchev–Trinajstić information content (AvgIpc) is 3.07. The molecule has 6 heteroatoms. The predicted molar refractivity (Wildman–Crippen MR) is 95.2 cm³/mol. The number of para-hydroxylation sites is 1. The highest BCUT2D eigenvalue weighted by Gasteiger charge is 2.29. The molecule has 0 N–H and O–H groups in total. The number of nitrogens with zero attached hydrogens (tertiary/aromatic N) is 3. The summed E-state index contributed by atoms with van der Waals surface area (Å²) in [6.45, 7) is 4.24. The lowest BCUT2D eigenvalue weighted by molar-refractivity contribution is -0.137. The number of morpholine rings is 1. The summed E-state index contributed by atoms with van der Waals surface area (Å²) >= 11 is 1.77. The number of carbonyl (C=O) groups excluding carboxylic acids is 1. The fraction of sp³-hybridized carbons (Fsp3) is 0.556. The Balaban J connectivity index is 1.51. The molecule has 24 heavy (non-hydrogen) atoms. The molecule has 0 aliphatic carbocycles. The van der Waals surface area contributed by atoms with E-state index in [0.29, 0.717) is 19.8 Å². The van der Waals surface area contributed by atoms with E-state index in [1.165, 1.54) is 11.1 Å². The molecule has 0 unspecified atom stereocenters. The number of likely N-dealkylation sites (tertiary alicyclic amines) is 1. The van der Waals surface area contributed by atoms with Crippen molar-refractivity contribution in [2.24, 2.45) is 0 Å². The molecule has 1 amide bonds. The molecule has 2 aliphatic heterocycles. The molecule has 2 fully saturated rings. The normalized spacial score (nSPS) is 22.8. The first-order chi connectivity index (χ1) is 11.8. The molecular formula is C18H23N3O2S. The van der Waals surface area contributed by atoms with Gasteiger partial charge in [-0.15, -0.1) is 11.3 Å². The molecule has 2 aromatic rings. The third-order valence-electron chi connectivity index (χ3n) is 4.91. The number of carbonyl (C=O) groups is 1. The van der Waals surface area contributed by atoms with Gasteiger partial charge in [0.2, 0.25) is 5.91 Å². The first kappa shape index (κ1) is 16.0. The summed E-state index contributed by atoms with van der Waals surface area (Å²) in [6, 6.07) is 8.57. The van der Waals surface area contributed by atoms with E-state index >= 15 is 0 Å². The van der Waals surface area contributed by atoms with E-state index in [9.17, 15) is 4.79 Å². The molecule has 128 valence electrons. The first-order valence-corrected chi connectivity index (χ1v) is 9.58. The summed E-state index contributed by atoms with van der Waals surface area (Å²) in [7, 11) is 0. The van der Waals surface area contributed by atoms with Gasteiger partial charge < -0.3 is 9.64 Å². The van der Waals surface area contributed by atoms with Crippen LogP contribution in [0.15, 0.2) is 24.3 Å². The van der Waals surface area contributed by atoms with Crippen LogP contribution in [0.5, 0.6) is 0 Å². The molecule has 0 spiro atoms. The molecule has 1 atom stereocenters. The Kier molecular flexibility index (Phi) is 4.78. The van der Waals surface area contributed by atoms with Crippen molar-refractivity contribution < 1.29 is 9.53 Å². The third-order valence-corrected chi connectivity index (χ3v) is 6.05. The van der Waals surface area contributed by atoms with Gasteiger partial charge in [0.1, 0.15) is 5.01 Å². The van der Waals surface area contributed by atoms with E-state index in [4.69, 9.17) is 9.72 Å². The monoisotopic (exact) mass is 345 g/mol. The van der Waals surface area contributed by atoms with Gasteiger partial charge in [-0.25, -0.2) is 4.98 Å². The predicted octanol–water partition coefficient (Wildman–Crippen LogP) is 2.68. The Morgan fingerprint density at radius 1 is 1.21 bits per heavy atom. The molecule has 5 nitrogen and oxygen atoms in total. The van der Waals surface area contributed by atoms with Gasteiger partial charge in [0.05, 0.1) is 36.0 Å². The van der Waals surface area contributed by atoms with Crippen LogP contribution >= 0.6 is 11.3 Å². The SMILES string of the molecule is O=C(CN1CCCC[C@@H]1c1nc2ccccc2s1)N1CCOCC1. The fourth-order valence-electron chi connectivity index (χ4n) is 3.58. The zero-order valence-electron chi connectivity index (χ0n) is 13.8. The molecule has 3 heterocycles. The van der Waals surface area contributed by atoms with E-state index < -0.39 is 0 Å². The van der Waals surface area contributed by atoms with Crippen LogP contribution in [-0.4, -0.2) is 60.1 Å². The van der Waals surface area contributed by atoms with Crippen LogP contribution in [0, 0.1) is 0 Å². The molecular weight excluding hydrogens is 322 g/mol. The van der Waals surface area contributed by atoms with Crippen molar-refractivity contribution in [3.8, 4) is 0 Å². The lowest BCUT2D eigenvalue weighted by Gasteiger charge is -2.36. The van der Waals surface area contributed by atoms with Crippen LogP contribution in [0.2, 0.25) is 0 Å². The number of ether oxygens (including phenoxy) is 1. The molecule has 1 aromatic carbocycles. The second kappa shape index (κ2) is 7.17. The summed E-state index contributed by atoms with van der Waals surface area (Å²) in [5.74, 6) is 0.228. The van der Waals surface area contributed by atoms with Gasteiger partial charge in [0.15, 0.2) is 0 Å². The maximum atomic E-state index is 12.6. The quantitative estimate of drug-likeness (QED) is 0.858. The van der Waals surface area contributed by atoms with E-state index in [0.717, 1.165) is 43.0 Å². The van der Waals surface area contributed by atoms with Crippen molar-refractivity contribution in [3.63, 3.8) is 0 Å². The van der Waals surface area contributed by atoms with E-state index in [1.807, 2.05) is 11.0 Å². The van der Waals surface area contributed by atoms with Gasteiger partial charge in [0, 0.05) is 13.1 Å². The third kappa shape index (κ3) is 3.31. The van der Waals surface area contributed by atoms with Gasteiger partial charge in [0.25, 0.3) is 0 Å². The number of piperidine rings is 1. The Morgan fingerprint density at radius 2 is 2.04 bits per heavy atom. The van der Waals surface area contributed by atoms with E-state index in [-0.39, 0.29) is 11.9 Å². The number of benzene rings is 1. The van der Waals surface area contributed by atoms with Crippen LogP contribution in [0.25, 0.3) is 10.2 Å². The average molecular weight is 345 g/mol. The van der Waals surface area contributed by atoms with Crippen LogP contribution in [0.1, 0.15) is 30.3 Å². The summed E-state index contributed by atoms with van der Waals surface area (Å²) in [5.41, 5.74) is 1.07. The highest BCUT2D eigenvalue weighted by atomic mass is 32.1. The highest BCUT2D eigenvalue weighted by molar-refractivity contribution is 7.18. The molecule has 0 saturated carbocycles. The Bertz CT molecular complexity index is 678. The zero-order chi connectivity index (χ0) is 16.4. The molecule has 2 aliphatic rings. The van der Waals surface area contributed by atoms with Crippen molar-refractivity contribution in [2.75, 3.05) is 39.4 Å². The van der Waals surface area contributed by atoms with Crippen molar-refractivity contribution in [3.05, 3.63) is 29.3 Å². The summed E-state index contributed by atoms with van der Waals surface area (Å²) in [4.78, 5) is 21.7. The molecule has 0 radical (unpaired) electrons. The van der Waals surface area contributed by atoms with Crippen molar-refractivity contribution >= 4 is 27.5 Å². The largest absolute Gasteiger partial charge is 0.378 e. The van der Waals surface area contributed by atoms with Gasteiger partial charge in [-0.3, -0.25) is 9.69 Å². The van der Waals surface area contributed by atoms with E-state index in [2.05, 4.69) is 23.1 Å². The minimum absolute atomic E-state index is 0.228. The zero-order valence-corrected chi connectivity index (χ0v) is 14.6. The van der Waals surface area contributed by atoms with Gasteiger partial charge in [-0.05, 0) is 31.5 Å². The lowest BCUT2D eigenvalue weighted by atomic mass is 10.0. The molecule has 0 bridgehead atoms. The topological polar surface area (TPSA) is 45.7 Å². The molecule has 2 saturated heterocycles. The van der Waals surface area contributed by atoms with Crippen LogP contribution in [0.4, 0.5) is 0 Å². The number of hydrogen-bond donors (Lipinski definition) is 0. The number of amides is 1. The van der Waals surface area contributed by atoms with Gasteiger partial charge in [-0.1, -0.05) is 18.6 Å². The van der Waals surface area contributed by atoms with Crippen molar-refractivity contribution in [1.29, 1.82) is 0 Å². The maximum absolute atomic E-state index is 12.6. The van der Waals surface area contributed by atoms with E-state index in [1.54, 1.807) is 11.3 Å². The summed E-state index contributed by atoms with van der Waals surface area (Å²) < 4.78 is 6.58. The smallest absolute Gasteiger partial charge is 0.236 e. The summed E-state index contributed by atoms with van der Waals surface area (Å²) in [6.07, 6.45) is 3.47.